The van der Waals surface area contributed by atoms with Crippen LogP contribution in [0.5, 0.6) is 5.75 Å². The lowest BCUT2D eigenvalue weighted by Crippen LogP contribution is -2.63. The molecule has 1 aromatic heterocycles. The lowest BCUT2D eigenvalue weighted by atomic mass is 9.97. The van der Waals surface area contributed by atoms with E-state index >= 15 is 0 Å². The molecule has 3 heterocycles. The molecule has 0 saturated carbocycles. The van der Waals surface area contributed by atoms with E-state index in [9.17, 15) is 13.6 Å². The Morgan fingerprint density at radius 2 is 1.97 bits per heavy atom. The molecule has 0 N–H and O–H groups in total. The molecular formula is C21H24BrClF2N4O3. The number of anilines is 1. The highest BCUT2D eigenvalue weighted by Crippen LogP contribution is 2.45. The minimum Gasteiger partial charge on any atom is -0.493 e. The van der Waals surface area contributed by atoms with Crippen molar-refractivity contribution in [2.45, 2.75) is 57.7 Å². The second-order valence-electron chi connectivity index (χ2n) is 9.44. The Kier molecular flexibility index (Phi) is 5.68. The van der Waals surface area contributed by atoms with Gasteiger partial charge in [0.05, 0.1) is 28.5 Å². The van der Waals surface area contributed by atoms with Gasteiger partial charge in [-0.3, -0.25) is 4.90 Å². The molecule has 2 fully saturated rings. The number of hydrogen-bond donors (Lipinski definition) is 0. The molecule has 0 spiro atoms. The van der Waals surface area contributed by atoms with Gasteiger partial charge in [0.1, 0.15) is 16.9 Å². The summed E-state index contributed by atoms with van der Waals surface area (Å²) in [6, 6.07) is -0.150. The number of halogens is 4. The maximum atomic E-state index is 14.9. The molecule has 2 saturated heterocycles. The molecule has 2 unspecified atom stereocenters. The molecule has 32 heavy (non-hydrogen) atoms. The van der Waals surface area contributed by atoms with Gasteiger partial charge in [-0.15, -0.1) is 0 Å². The summed E-state index contributed by atoms with van der Waals surface area (Å²) < 4.78 is 40.2. The third-order valence-corrected chi connectivity index (χ3v) is 6.77. The van der Waals surface area contributed by atoms with Crippen molar-refractivity contribution in [1.29, 1.82) is 0 Å². The zero-order valence-corrected chi connectivity index (χ0v) is 20.8. The number of amides is 1. The quantitative estimate of drug-likeness (QED) is 0.385. The van der Waals surface area contributed by atoms with Crippen LogP contribution in [0.25, 0.3) is 10.9 Å². The molecule has 0 radical (unpaired) electrons. The first kappa shape index (κ1) is 23.2. The SMILES string of the molecule is COc1c(F)c(Br)c(F)c2nc(Cl)nc(N3CC4CCC(C)(C3)N4C(=O)OC(C)(C)C)c12. The molecule has 2 aromatic rings. The number of rotatable bonds is 2. The van der Waals surface area contributed by atoms with Crippen LogP contribution < -0.4 is 9.64 Å². The number of carbonyl (C=O) groups excluding carboxylic acids is 1. The summed E-state index contributed by atoms with van der Waals surface area (Å²) in [5.74, 6) is -1.67. The van der Waals surface area contributed by atoms with E-state index in [-0.39, 0.29) is 44.4 Å². The number of carbonyl (C=O) groups is 1. The third kappa shape index (κ3) is 3.75. The number of methoxy groups -OCH3 is 1. The molecular weight excluding hydrogens is 510 g/mol. The van der Waals surface area contributed by atoms with Gasteiger partial charge in [-0.2, -0.15) is 4.98 Å². The van der Waals surface area contributed by atoms with Gasteiger partial charge in [0.15, 0.2) is 17.4 Å². The minimum absolute atomic E-state index is 0.101. The van der Waals surface area contributed by atoms with Gasteiger partial charge in [0.2, 0.25) is 5.28 Å². The highest BCUT2D eigenvalue weighted by atomic mass is 79.9. The van der Waals surface area contributed by atoms with Crippen LogP contribution in [0, 0.1) is 11.6 Å². The van der Waals surface area contributed by atoms with Crippen LogP contribution in [0.4, 0.5) is 19.4 Å². The normalized spacial score (nSPS) is 23.1. The van der Waals surface area contributed by atoms with Crippen LogP contribution in [0.15, 0.2) is 4.47 Å². The van der Waals surface area contributed by atoms with Crippen molar-refractivity contribution in [1.82, 2.24) is 14.9 Å². The van der Waals surface area contributed by atoms with Crippen LogP contribution in [0.3, 0.4) is 0 Å². The van der Waals surface area contributed by atoms with Crippen molar-refractivity contribution in [2.75, 3.05) is 25.1 Å². The molecule has 2 aliphatic rings. The van der Waals surface area contributed by atoms with Crippen LogP contribution in [0.1, 0.15) is 40.5 Å². The molecule has 1 amide bonds. The van der Waals surface area contributed by atoms with Crippen molar-refractivity contribution in [3.63, 3.8) is 0 Å². The average Bonchev–Trinajstić information content (AvgIpc) is 2.90. The number of hydrogen-bond acceptors (Lipinski definition) is 6. The van der Waals surface area contributed by atoms with Crippen LogP contribution in [0.2, 0.25) is 5.28 Å². The van der Waals surface area contributed by atoms with Crippen molar-refractivity contribution in [3.05, 3.63) is 21.4 Å². The summed E-state index contributed by atoms with van der Waals surface area (Å²) in [4.78, 5) is 24.9. The summed E-state index contributed by atoms with van der Waals surface area (Å²) >= 11 is 9.04. The van der Waals surface area contributed by atoms with Gasteiger partial charge in [-0.05, 0) is 68.1 Å². The molecule has 2 aliphatic heterocycles. The number of fused-ring (bicyclic) bond motifs is 3. The minimum atomic E-state index is -0.884. The molecule has 7 nitrogen and oxygen atoms in total. The van der Waals surface area contributed by atoms with Gasteiger partial charge >= 0.3 is 6.09 Å². The Bertz CT molecular complexity index is 1110. The van der Waals surface area contributed by atoms with Gasteiger partial charge < -0.3 is 14.4 Å². The lowest BCUT2D eigenvalue weighted by Gasteiger charge is -2.47. The lowest BCUT2D eigenvalue weighted by molar-refractivity contribution is -0.00278. The first-order valence-corrected chi connectivity index (χ1v) is 11.4. The molecule has 174 valence electrons. The smallest absolute Gasteiger partial charge is 0.411 e. The van der Waals surface area contributed by atoms with E-state index in [0.717, 1.165) is 12.8 Å². The summed E-state index contributed by atoms with van der Waals surface area (Å²) in [5.41, 5.74) is -1.30. The summed E-state index contributed by atoms with van der Waals surface area (Å²) in [6.07, 6.45) is 1.16. The van der Waals surface area contributed by atoms with E-state index in [0.29, 0.717) is 13.1 Å². The molecule has 2 bridgehead atoms. The van der Waals surface area contributed by atoms with E-state index in [4.69, 9.17) is 21.1 Å². The molecule has 4 rings (SSSR count). The molecule has 11 heteroatoms. The molecule has 2 atom stereocenters. The van der Waals surface area contributed by atoms with Gasteiger partial charge in [-0.25, -0.2) is 18.6 Å². The first-order valence-electron chi connectivity index (χ1n) is 10.2. The van der Waals surface area contributed by atoms with Gasteiger partial charge in [0, 0.05) is 13.1 Å². The fraction of sp³-hybridized carbons (Fsp3) is 0.571. The van der Waals surface area contributed by atoms with Gasteiger partial charge in [-0.1, -0.05) is 0 Å². The number of ether oxygens (including phenoxy) is 2. The topological polar surface area (TPSA) is 67.8 Å². The summed E-state index contributed by atoms with van der Waals surface area (Å²) in [6.45, 7) is 8.24. The monoisotopic (exact) mass is 532 g/mol. The highest BCUT2D eigenvalue weighted by Gasteiger charge is 2.52. The standard InChI is InChI=1S/C21H24BrClF2N4O3/c1-20(2,3)32-19(30)29-10-6-7-21(29,4)9-28(8-10)17-11-15(26-18(23)27-17)13(24)12(22)14(25)16(11)31-5/h10H,6-9H2,1-5H3. The van der Waals surface area contributed by atoms with Crippen molar-refractivity contribution >= 4 is 50.3 Å². The molecule has 1 aromatic carbocycles. The van der Waals surface area contributed by atoms with E-state index in [1.165, 1.54) is 7.11 Å². The molecule has 0 aliphatic carbocycles. The van der Waals surface area contributed by atoms with E-state index in [1.54, 1.807) is 4.90 Å². The Morgan fingerprint density at radius 1 is 1.28 bits per heavy atom. The summed E-state index contributed by atoms with van der Waals surface area (Å²) in [7, 11) is 1.30. The van der Waals surface area contributed by atoms with Crippen LogP contribution in [-0.2, 0) is 4.74 Å². The van der Waals surface area contributed by atoms with E-state index in [1.807, 2.05) is 32.6 Å². The van der Waals surface area contributed by atoms with Crippen molar-refractivity contribution in [3.8, 4) is 5.75 Å². The van der Waals surface area contributed by atoms with E-state index in [2.05, 4.69) is 25.9 Å². The maximum absolute atomic E-state index is 14.9. The maximum Gasteiger partial charge on any atom is 0.411 e. The van der Waals surface area contributed by atoms with Crippen LogP contribution >= 0.6 is 27.5 Å². The Balaban J connectivity index is 1.80. The summed E-state index contributed by atoms with van der Waals surface area (Å²) in [5, 5.41) is -0.0668. The largest absolute Gasteiger partial charge is 0.493 e. The Labute approximate surface area is 198 Å². The first-order chi connectivity index (χ1) is 14.9. The number of aromatic nitrogens is 2. The fourth-order valence-electron chi connectivity index (χ4n) is 4.69. The average molecular weight is 534 g/mol. The zero-order valence-electron chi connectivity index (χ0n) is 18.4. The second kappa shape index (κ2) is 7.83. The van der Waals surface area contributed by atoms with Crippen molar-refractivity contribution in [2.24, 2.45) is 0 Å². The van der Waals surface area contributed by atoms with Gasteiger partial charge in [0.25, 0.3) is 0 Å². The van der Waals surface area contributed by atoms with Crippen molar-refractivity contribution < 1.29 is 23.0 Å². The predicted octanol–water partition coefficient (Wildman–Crippen LogP) is 5.31. The zero-order chi connectivity index (χ0) is 23.6. The van der Waals surface area contributed by atoms with Crippen LogP contribution in [-0.4, -0.2) is 58.3 Å². The number of nitrogens with zero attached hydrogens (tertiary/aromatic N) is 4. The third-order valence-electron chi connectivity index (χ3n) is 5.90. The number of benzene rings is 1. The number of piperazine rings is 1. The Morgan fingerprint density at radius 3 is 2.56 bits per heavy atom. The fourth-order valence-corrected chi connectivity index (χ4v) is 5.22. The second-order valence-corrected chi connectivity index (χ2v) is 10.6. The highest BCUT2D eigenvalue weighted by molar-refractivity contribution is 9.10. The Hall–Kier alpha value is -1.94. The van der Waals surface area contributed by atoms with E-state index < -0.39 is 22.8 Å². The predicted molar refractivity (Wildman–Crippen MR) is 120 cm³/mol.